The van der Waals surface area contributed by atoms with Gasteiger partial charge in [0.2, 0.25) is 0 Å². The SMILES string of the molecule is Cc1cc(NC(CCN(C)C)NC(=O)c2ccn3ncncc23)ccc1N. The molecule has 1 atom stereocenters. The molecule has 8 nitrogen and oxygen atoms in total. The first-order valence-corrected chi connectivity index (χ1v) is 8.79. The normalized spacial score (nSPS) is 12.3. The Hall–Kier alpha value is -3.13. The lowest BCUT2D eigenvalue weighted by molar-refractivity contribution is 0.0940. The average Bonchev–Trinajstić information content (AvgIpc) is 3.07. The third-order valence-corrected chi connectivity index (χ3v) is 4.37. The fourth-order valence-electron chi connectivity index (χ4n) is 2.82. The van der Waals surface area contributed by atoms with E-state index in [1.165, 1.54) is 6.33 Å². The number of nitrogen functional groups attached to an aromatic ring is 1. The second-order valence-corrected chi connectivity index (χ2v) is 6.80. The Morgan fingerprint density at radius 3 is 2.89 bits per heavy atom. The van der Waals surface area contributed by atoms with E-state index in [1.54, 1.807) is 23.0 Å². The van der Waals surface area contributed by atoms with Crippen LogP contribution in [0.25, 0.3) is 5.52 Å². The van der Waals surface area contributed by atoms with E-state index in [2.05, 4.69) is 25.6 Å². The van der Waals surface area contributed by atoms with Crippen molar-refractivity contribution in [1.29, 1.82) is 0 Å². The molecule has 1 aromatic carbocycles. The van der Waals surface area contributed by atoms with Gasteiger partial charge in [-0.05, 0) is 57.3 Å². The highest BCUT2D eigenvalue weighted by atomic mass is 16.1. The molecule has 0 aliphatic carbocycles. The van der Waals surface area contributed by atoms with Gasteiger partial charge in [0.1, 0.15) is 12.5 Å². The van der Waals surface area contributed by atoms with Crippen molar-refractivity contribution in [3.8, 4) is 0 Å². The van der Waals surface area contributed by atoms with Crippen molar-refractivity contribution in [2.24, 2.45) is 0 Å². The van der Waals surface area contributed by atoms with Crippen LogP contribution in [0.1, 0.15) is 22.3 Å². The van der Waals surface area contributed by atoms with E-state index in [9.17, 15) is 4.79 Å². The van der Waals surface area contributed by atoms with Crippen LogP contribution in [0, 0.1) is 6.92 Å². The van der Waals surface area contributed by atoms with E-state index in [0.29, 0.717) is 11.1 Å². The van der Waals surface area contributed by atoms with Crippen molar-refractivity contribution in [3.63, 3.8) is 0 Å². The minimum Gasteiger partial charge on any atom is -0.399 e. The summed E-state index contributed by atoms with van der Waals surface area (Å²) in [5, 5.41) is 10.6. The van der Waals surface area contributed by atoms with Crippen LogP contribution >= 0.6 is 0 Å². The number of hydrogen-bond donors (Lipinski definition) is 3. The van der Waals surface area contributed by atoms with Gasteiger partial charge in [-0.25, -0.2) is 9.50 Å². The van der Waals surface area contributed by atoms with Gasteiger partial charge < -0.3 is 21.3 Å². The monoisotopic (exact) mass is 367 g/mol. The molecule has 0 saturated carbocycles. The Kier molecular flexibility index (Phi) is 5.56. The second kappa shape index (κ2) is 8.05. The van der Waals surface area contributed by atoms with E-state index in [-0.39, 0.29) is 12.1 Å². The largest absolute Gasteiger partial charge is 0.399 e. The van der Waals surface area contributed by atoms with Crippen molar-refractivity contribution < 1.29 is 4.79 Å². The molecule has 0 spiro atoms. The zero-order chi connectivity index (χ0) is 19.4. The maximum Gasteiger partial charge on any atom is 0.255 e. The smallest absolute Gasteiger partial charge is 0.255 e. The number of carbonyl (C=O) groups is 1. The van der Waals surface area contributed by atoms with E-state index in [1.807, 2.05) is 39.2 Å². The summed E-state index contributed by atoms with van der Waals surface area (Å²) in [7, 11) is 4.01. The number of nitrogens with one attached hydrogen (secondary N) is 2. The number of aryl methyl sites for hydroxylation is 1. The lowest BCUT2D eigenvalue weighted by atomic mass is 10.1. The summed E-state index contributed by atoms with van der Waals surface area (Å²) in [4.78, 5) is 18.9. The van der Waals surface area contributed by atoms with Crippen molar-refractivity contribution in [2.75, 3.05) is 31.7 Å². The molecule has 2 aromatic heterocycles. The number of rotatable bonds is 7. The minimum atomic E-state index is -0.234. The van der Waals surface area contributed by atoms with E-state index in [4.69, 9.17) is 5.73 Å². The summed E-state index contributed by atoms with van der Waals surface area (Å²) in [6.45, 7) is 2.78. The maximum atomic E-state index is 12.8. The van der Waals surface area contributed by atoms with Crippen LogP contribution in [0.5, 0.6) is 0 Å². The van der Waals surface area contributed by atoms with Gasteiger partial charge in [0.05, 0.1) is 17.3 Å². The van der Waals surface area contributed by atoms with Crippen molar-refractivity contribution in [3.05, 3.63) is 54.1 Å². The Balaban J connectivity index is 1.77. The van der Waals surface area contributed by atoms with E-state index >= 15 is 0 Å². The number of carbonyl (C=O) groups excluding carboxylic acids is 1. The predicted octanol–water partition coefficient (Wildman–Crippen LogP) is 1.74. The molecule has 0 aliphatic rings. The van der Waals surface area contributed by atoms with Gasteiger partial charge in [-0.15, -0.1) is 0 Å². The third-order valence-electron chi connectivity index (χ3n) is 4.37. The predicted molar refractivity (Wildman–Crippen MR) is 107 cm³/mol. The summed E-state index contributed by atoms with van der Waals surface area (Å²) in [5.41, 5.74) is 9.76. The van der Waals surface area contributed by atoms with Gasteiger partial charge in [0.15, 0.2) is 0 Å². The number of benzene rings is 1. The number of hydrogen-bond acceptors (Lipinski definition) is 6. The van der Waals surface area contributed by atoms with Crippen LogP contribution in [0.2, 0.25) is 0 Å². The summed E-state index contributed by atoms with van der Waals surface area (Å²) in [6.07, 6.45) is 5.33. The molecule has 0 fully saturated rings. The second-order valence-electron chi connectivity index (χ2n) is 6.80. The van der Waals surface area contributed by atoms with E-state index < -0.39 is 0 Å². The third kappa shape index (κ3) is 4.53. The standard InChI is InChI=1S/C19H25N7O/c1-13-10-14(4-5-16(13)20)23-18(7-8-25(2)3)24-19(27)15-6-9-26-17(15)11-21-12-22-26/h4-6,9-12,18,23H,7-8,20H2,1-3H3,(H,24,27). The number of amides is 1. The van der Waals surface area contributed by atoms with Crippen LogP contribution in [0.4, 0.5) is 11.4 Å². The Labute approximate surface area is 158 Å². The van der Waals surface area contributed by atoms with Gasteiger partial charge in [-0.2, -0.15) is 5.10 Å². The fraction of sp³-hybridized carbons (Fsp3) is 0.316. The molecule has 1 unspecified atom stereocenters. The Morgan fingerprint density at radius 1 is 1.33 bits per heavy atom. The first kappa shape index (κ1) is 18.7. The Bertz CT molecular complexity index is 935. The number of nitrogens with two attached hydrogens (primary N) is 1. The molecular formula is C19H25N7O. The molecule has 27 heavy (non-hydrogen) atoms. The number of anilines is 2. The van der Waals surface area contributed by atoms with Crippen molar-refractivity contribution >= 4 is 22.8 Å². The van der Waals surface area contributed by atoms with Gasteiger partial charge in [0.25, 0.3) is 5.91 Å². The lowest BCUT2D eigenvalue weighted by Gasteiger charge is -2.23. The molecule has 142 valence electrons. The van der Waals surface area contributed by atoms with Gasteiger partial charge in [0, 0.05) is 24.1 Å². The summed E-state index contributed by atoms with van der Waals surface area (Å²) >= 11 is 0. The minimum absolute atomic E-state index is 0.171. The summed E-state index contributed by atoms with van der Waals surface area (Å²) in [6, 6.07) is 7.50. The number of fused-ring (bicyclic) bond motifs is 1. The molecular weight excluding hydrogens is 342 g/mol. The van der Waals surface area contributed by atoms with Gasteiger partial charge in [-0.3, -0.25) is 4.79 Å². The molecule has 0 saturated heterocycles. The first-order chi connectivity index (χ1) is 12.9. The molecule has 0 radical (unpaired) electrons. The molecule has 2 heterocycles. The van der Waals surface area contributed by atoms with Gasteiger partial charge >= 0.3 is 0 Å². The highest BCUT2D eigenvalue weighted by molar-refractivity contribution is 6.01. The van der Waals surface area contributed by atoms with Crippen LogP contribution in [0.3, 0.4) is 0 Å². The topological polar surface area (TPSA) is 101 Å². The van der Waals surface area contributed by atoms with Gasteiger partial charge in [-0.1, -0.05) is 0 Å². The van der Waals surface area contributed by atoms with Crippen LogP contribution in [-0.4, -0.2) is 52.2 Å². The molecule has 0 aliphatic heterocycles. The molecule has 4 N–H and O–H groups in total. The fourth-order valence-corrected chi connectivity index (χ4v) is 2.82. The molecule has 1 amide bonds. The molecule has 3 rings (SSSR count). The van der Waals surface area contributed by atoms with E-state index in [0.717, 1.165) is 29.9 Å². The quantitative estimate of drug-likeness (QED) is 0.434. The molecule has 0 bridgehead atoms. The molecule has 3 aromatic rings. The summed E-state index contributed by atoms with van der Waals surface area (Å²) < 4.78 is 1.63. The van der Waals surface area contributed by atoms with Crippen molar-refractivity contribution in [2.45, 2.75) is 19.5 Å². The summed E-state index contributed by atoms with van der Waals surface area (Å²) in [5.74, 6) is -0.171. The average molecular weight is 367 g/mol. The Morgan fingerprint density at radius 2 is 2.15 bits per heavy atom. The number of aromatic nitrogens is 3. The van der Waals surface area contributed by atoms with Crippen LogP contribution in [-0.2, 0) is 0 Å². The highest BCUT2D eigenvalue weighted by Gasteiger charge is 2.17. The zero-order valence-electron chi connectivity index (χ0n) is 15.8. The first-order valence-electron chi connectivity index (χ1n) is 8.79. The zero-order valence-corrected chi connectivity index (χ0v) is 15.8. The highest BCUT2D eigenvalue weighted by Crippen LogP contribution is 2.18. The number of nitrogens with zero attached hydrogens (tertiary/aromatic N) is 4. The van der Waals surface area contributed by atoms with Crippen molar-refractivity contribution in [1.82, 2.24) is 24.8 Å². The lowest BCUT2D eigenvalue weighted by Crippen LogP contribution is -2.42. The maximum absolute atomic E-state index is 12.8. The molecule has 8 heteroatoms. The van der Waals surface area contributed by atoms with Crippen LogP contribution in [0.15, 0.2) is 43.0 Å². The van der Waals surface area contributed by atoms with Crippen LogP contribution < -0.4 is 16.4 Å².